The second-order valence-electron chi connectivity index (χ2n) is 2.76. The van der Waals surface area contributed by atoms with Crippen LogP contribution in [0, 0.1) is 0 Å². The molecular weight excluding hydrogens is 184 g/mol. The molecule has 0 amide bonds. The minimum atomic E-state index is -1.05. The van der Waals surface area contributed by atoms with Crippen LogP contribution in [-0.2, 0) is 11.3 Å². The summed E-state index contributed by atoms with van der Waals surface area (Å²) in [6.07, 6.45) is 1.99. The van der Waals surface area contributed by atoms with Gasteiger partial charge in [-0.25, -0.2) is 0 Å². The quantitative estimate of drug-likeness (QED) is 0.757. The Morgan fingerprint density at radius 2 is 2.00 bits per heavy atom. The molecule has 1 N–H and O–H groups in total. The minimum absolute atomic E-state index is 0.217. The molecule has 14 heavy (non-hydrogen) atoms. The highest BCUT2D eigenvalue weighted by atomic mass is 16.6. The fraction of sp³-hybridized carbons (Fsp3) is 0.200. The highest BCUT2D eigenvalue weighted by Gasteiger charge is 2.10. The molecule has 0 bridgehead atoms. The van der Waals surface area contributed by atoms with Crippen molar-refractivity contribution in [3.8, 4) is 0 Å². The number of aliphatic hydroxyl groups excluding tert-OH is 1. The van der Waals surface area contributed by atoms with Gasteiger partial charge in [-0.15, -0.1) is 0 Å². The lowest BCUT2D eigenvalue weighted by molar-refractivity contribution is -0.127. The topological polar surface area (TPSA) is 55.7 Å². The van der Waals surface area contributed by atoms with Crippen molar-refractivity contribution in [1.82, 2.24) is 0 Å². The van der Waals surface area contributed by atoms with Gasteiger partial charge in [0.15, 0.2) is 5.76 Å². The summed E-state index contributed by atoms with van der Waals surface area (Å²) in [5.41, 5.74) is 0. The van der Waals surface area contributed by atoms with E-state index in [2.05, 4.69) is 0 Å². The van der Waals surface area contributed by atoms with Crippen molar-refractivity contribution in [2.45, 2.75) is 12.9 Å². The van der Waals surface area contributed by atoms with Crippen LogP contribution in [0.3, 0.4) is 0 Å². The predicted molar refractivity (Wildman–Crippen MR) is 47.2 cm³/mol. The Kier molecular flexibility index (Phi) is 2.67. The number of hydrogen-bond acceptors (Lipinski definition) is 4. The summed E-state index contributed by atoms with van der Waals surface area (Å²) in [6, 6.07) is 6.87. The van der Waals surface area contributed by atoms with Crippen molar-refractivity contribution in [3.63, 3.8) is 0 Å². The first kappa shape index (κ1) is 9.05. The lowest BCUT2D eigenvalue weighted by Crippen LogP contribution is -2.01. The molecule has 4 nitrogen and oxygen atoms in total. The van der Waals surface area contributed by atoms with E-state index in [1.54, 1.807) is 30.5 Å². The van der Waals surface area contributed by atoms with Gasteiger partial charge in [0.25, 0.3) is 0 Å². The molecule has 0 saturated carbocycles. The summed E-state index contributed by atoms with van der Waals surface area (Å²) in [7, 11) is 0. The third kappa shape index (κ3) is 2.04. The Hall–Kier alpha value is -1.52. The van der Waals surface area contributed by atoms with Crippen LogP contribution in [0.15, 0.2) is 45.6 Å². The average molecular weight is 194 g/mol. The third-order valence-corrected chi connectivity index (χ3v) is 1.75. The lowest BCUT2D eigenvalue weighted by Gasteiger charge is -2.07. The van der Waals surface area contributed by atoms with E-state index < -0.39 is 6.29 Å². The molecule has 0 spiro atoms. The Balaban J connectivity index is 1.87. The van der Waals surface area contributed by atoms with Crippen LogP contribution in [-0.4, -0.2) is 5.11 Å². The van der Waals surface area contributed by atoms with Crippen LogP contribution in [0.1, 0.15) is 17.8 Å². The molecule has 1 atom stereocenters. The van der Waals surface area contributed by atoms with Crippen molar-refractivity contribution in [3.05, 3.63) is 48.3 Å². The van der Waals surface area contributed by atoms with Crippen LogP contribution < -0.4 is 0 Å². The molecule has 74 valence electrons. The van der Waals surface area contributed by atoms with Gasteiger partial charge in [-0.3, -0.25) is 0 Å². The molecule has 0 aromatic carbocycles. The molecular formula is C10H10O4. The normalized spacial score (nSPS) is 12.9. The summed E-state index contributed by atoms with van der Waals surface area (Å²) in [4.78, 5) is 0. The van der Waals surface area contributed by atoms with Gasteiger partial charge in [0.05, 0.1) is 12.5 Å². The number of furan rings is 2. The van der Waals surface area contributed by atoms with Crippen molar-refractivity contribution < 1.29 is 18.7 Å². The Labute approximate surface area is 80.7 Å². The maximum absolute atomic E-state index is 9.45. The maximum atomic E-state index is 9.45. The van der Waals surface area contributed by atoms with Crippen LogP contribution >= 0.6 is 0 Å². The zero-order valence-electron chi connectivity index (χ0n) is 7.42. The molecule has 0 saturated heterocycles. The molecule has 4 heteroatoms. The Bertz CT molecular complexity index is 349. The second kappa shape index (κ2) is 4.13. The van der Waals surface area contributed by atoms with Gasteiger partial charge < -0.3 is 18.7 Å². The van der Waals surface area contributed by atoms with Crippen LogP contribution in [0.2, 0.25) is 0 Å². The van der Waals surface area contributed by atoms with Crippen LogP contribution in [0.25, 0.3) is 0 Å². The highest BCUT2D eigenvalue weighted by molar-refractivity contribution is 5.00. The van der Waals surface area contributed by atoms with Gasteiger partial charge in [0.2, 0.25) is 6.29 Å². The van der Waals surface area contributed by atoms with Crippen LogP contribution in [0.4, 0.5) is 0 Å². The van der Waals surface area contributed by atoms with Gasteiger partial charge in [0, 0.05) is 0 Å². The van der Waals surface area contributed by atoms with Gasteiger partial charge in [-0.05, 0) is 24.3 Å². The molecule has 0 fully saturated rings. The smallest absolute Gasteiger partial charge is 0.215 e. The number of aliphatic hydroxyl groups is 1. The highest BCUT2D eigenvalue weighted by Crippen LogP contribution is 2.16. The monoisotopic (exact) mass is 194 g/mol. The summed E-state index contributed by atoms with van der Waals surface area (Å²) < 4.78 is 15.1. The van der Waals surface area contributed by atoms with Gasteiger partial charge in [-0.2, -0.15) is 0 Å². The van der Waals surface area contributed by atoms with Crippen molar-refractivity contribution in [1.29, 1.82) is 0 Å². The first-order chi connectivity index (χ1) is 6.86. The standard InChI is InChI=1S/C10H10O4/c11-10(9-4-2-6-13-9)14-7-8-3-1-5-12-8/h1-6,10-11H,7H2. The maximum Gasteiger partial charge on any atom is 0.215 e. The van der Waals surface area contributed by atoms with Gasteiger partial charge in [-0.1, -0.05) is 0 Å². The van der Waals surface area contributed by atoms with E-state index in [4.69, 9.17) is 13.6 Å². The van der Waals surface area contributed by atoms with E-state index in [1.807, 2.05) is 0 Å². The SMILES string of the molecule is OC(OCc1ccco1)c1ccco1. The summed E-state index contributed by atoms with van der Waals surface area (Å²) in [6.45, 7) is 0.217. The molecule has 0 radical (unpaired) electrons. The van der Waals surface area contributed by atoms with Crippen molar-refractivity contribution >= 4 is 0 Å². The zero-order chi connectivity index (χ0) is 9.80. The first-order valence-electron chi connectivity index (χ1n) is 4.22. The molecule has 0 aliphatic carbocycles. The van der Waals surface area contributed by atoms with E-state index in [1.165, 1.54) is 6.26 Å². The number of rotatable bonds is 4. The molecule has 2 rings (SSSR count). The Morgan fingerprint density at radius 1 is 1.21 bits per heavy atom. The summed E-state index contributed by atoms with van der Waals surface area (Å²) in [5, 5.41) is 9.45. The number of ether oxygens (including phenoxy) is 1. The summed E-state index contributed by atoms with van der Waals surface area (Å²) in [5.74, 6) is 1.05. The fourth-order valence-corrected chi connectivity index (χ4v) is 1.07. The lowest BCUT2D eigenvalue weighted by atomic mass is 10.4. The van der Waals surface area contributed by atoms with Crippen molar-refractivity contribution in [2.24, 2.45) is 0 Å². The molecule has 2 aromatic rings. The van der Waals surface area contributed by atoms with E-state index in [0.717, 1.165) is 0 Å². The average Bonchev–Trinajstić information content (AvgIpc) is 2.87. The zero-order valence-corrected chi connectivity index (χ0v) is 7.42. The predicted octanol–water partition coefficient (Wildman–Crippen LogP) is 2.08. The number of hydrogen-bond donors (Lipinski definition) is 1. The van der Waals surface area contributed by atoms with Gasteiger partial charge in [0.1, 0.15) is 12.4 Å². The molecule has 2 heterocycles. The largest absolute Gasteiger partial charge is 0.467 e. The molecule has 0 aliphatic heterocycles. The van der Waals surface area contributed by atoms with Gasteiger partial charge >= 0.3 is 0 Å². The first-order valence-corrected chi connectivity index (χ1v) is 4.22. The summed E-state index contributed by atoms with van der Waals surface area (Å²) >= 11 is 0. The second-order valence-corrected chi connectivity index (χ2v) is 2.76. The van der Waals surface area contributed by atoms with E-state index in [9.17, 15) is 5.11 Å². The van der Waals surface area contributed by atoms with E-state index >= 15 is 0 Å². The molecule has 1 unspecified atom stereocenters. The fourth-order valence-electron chi connectivity index (χ4n) is 1.07. The van der Waals surface area contributed by atoms with E-state index in [-0.39, 0.29) is 6.61 Å². The van der Waals surface area contributed by atoms with E-state index in [0.29, 0.717) is 11.5 Å². The minimum Gasteiger partial charge on any atom is -0.467 e. The molecule has 2 aromatic heterocycles. The van der Waals surface area contributed by atoms with Crippen molar-refractivity contribution in [2.75, 3.05) is 0 Å². The molecule has 0 aliphatic rings. The van der Waals surface area contributed by atoms with Crippen LogP contribution in [0.5, 0.6) is 0 Å². The third-order valence-electron chi connectivity index (χ3n) is 1.75. The Morgan fingerprint density at radius 3 is 2.64 bits per heavy atom.